The van der Waals surface area contributed by atoms with Crippen LogP contribution in [0.25, 0.3) is 5.57 Å². The summed E-state index contributed by atoms with van der Waals surface area (Å²) in [5, 5.41) is 20.2. The SMILES string of the molecule is C=CC(C)=CC(=CCCCCCCCCC)c1c(O)cccc1O. The summed E-state index contributed by atoms with van der Waals surface area (Å²) in [5.41, 5.74) is 2.36. The van der Waals surface area contributed by atoms with Gasteiger partial charge in [0, 0.05) is 0 Å². The van der Waals surface area contributed by atoms with E-state index in [0.29, 0.717) is 5.56 Å². The van der Waals surface area contributed by atoms with Crippen molar-refractivity contribution in [2.75, 3.05) is 0 Å². The summed E-state index contributed by atoms with van der Waals surface area (Å²) in [6.45, 7) is 7.98. The molecule has 0 amide bonds. The minimum Gasteiger partial charge on any atom is -0.507 e. The lowest BCUT2D eigenvalue weighted by atomic mass is 9.99. The molecular formula is C22H32O2. The van der Waals surface area contributed by atoms with Gasteiger partial charge in [0.05, 0.1) is 5.56 Å². The molecule has 0 fully saturated rings. The number of phenols is 2. The Morgan fingerprint density at radius 3 is 2.17 bits per heavy atom. The van der Waals surface area contributed by atoms with Gasteiger partial charge in [-0.25, -0.2) is 0 Å². The first-order valence-corrected chi connectivity index (χ1v) is 9.12. The maximum Gasteiger partial charge on any atom is 0.127 e. The largest absolute Gasteiger partial charge is 0.507 e. The summed E-state index contributed by atoms with van der Waals surface area (Å²) >= 11 is 0. The van der Waals surface area contributed by atoms with Gasteiger partial charge >= 0.3 is 0 Å². The highest BCUT2D eigenvalue weighted by Gasteiger charge is 2.10. The molecule has 0 aromatic heterocycles. The number of hydrogen-bond donors (Lipinski definition) is 2. The van der Waals surface area contributed by atoms with Gasteiger partial charge in [-0.05, 0) is 37.5 Å². The molecule has 0 heterocycles. The summed E-state index contributed by atoms with van der Waals surface area (Å²) in [4.78, 5) is 0. The van der Waals surface area contributed by atoms with E-state index in [2.05, 4.69) is 19.6 Å². The highest BCUT2D eigenvalue weighted by Crippen LogP contribution is 2.35. The Kier molecular flexibility index (Phi) is 9.67. The molecule has 0 unspecified atom stereocenters. The fourth-order valence-electron chi connectivity index (χ4n) is 2.72. The first kappa shape index (κ1) is 20.1. The molecule has 24 heavy (non-hydrogen) atoms. The second kappa shape index (κ2) is 11.6. The number of unbranched alkanes of at least 4 members (excludes halogenated alkanes) is 7. The van der Waals surface area contributed by atoms with E-state index in [4.69, 9.17) is 0 Å². The van der Waals surface area contributed by atoms with Gasteiger partial charge in [-0.15, -0.1) is 0 Å². The minimum absolute atomic E-state index is 0.105. The van der Waals surface area contributed by atoms with Crippen LogP contribution in [0.5, 0.6) is 11.5 Å². The molecule has 132 valence electrons. The summed E-state index contributed by atoms with van der Waals surface area (Å²) < 4.78 is 0. The van der Waals surface area contributed by atoms with E-state index in [1.165, 1.54) is 38.5 Å². The van der Waals surface area contributed by atoms with Gasteiger partial charge in [-0.2, -0.15) is 0 Å². The number of benzene rings is 1. The van der Waals surface area contributed by atoms with Crippen molar-refractivity contribution < 1.29 is 10.2 Å². The van der Waals surface area contributed by atoms with Gasteiger partial charge in [0.2, 0.25) is 0 Å². The van der Waals surface area contributed by atoms with Gasteiger partial charge in [0.15, 0.2) is 0 Å². The molecule has 0 aliphatic rings. The Hall–Kier alpha value is -1.96. The van der Waals surface area contributed by atoms with Crippen LogP contribution in [-0.4, -0.2) is 10.2 Å². The molecule has 1 rings (SSSR count). The van der Waals surface area contributed by atoms with Crippen LogP contribution in [-0.2, 0) is 0 Å². The van der Waals surface area contributed by atoms with Gasteiger partial charge in [0.1, 0.15) is 11.5 Å². The molecule has 0 aliphatic carbocycles. The zero-order chi connectivity index (χ0) is 17.8. The number of phenolic OH excluding ortho intramolecular Hbond substituents is 2. The van der Waals surface area contributed by atoms with Crippen molar-refractivity contribution in [1.29, 1.82) is 0 Å². The predicted molar refractivity (Wildman–Crippen MR) is 104 cm³/mol. The van der Waals surface area contributed by atoms with Crippen molar-refractivity contribution in [1.82, 2.24) is 0 Å². The number of aromatic hydroxyl groups is 2. The second-order valence-electron chi connectivity index (χ2n) is 6.33. The third-order valence-corrected chi connectivity index (χ3v) is 4.19. The highest BCUT2D eigenvalue weighted by molar-refractivity contribution is 5.81. The first-order chi connectivity index (χ1) is 11.6. The molecule has 2 N–H and O–H groups in total. The Morgan fingerprint density at radius 2 is 1.58 bits per heavy atom. The monoisotopic (exact) mass is 328 g/mol. The van der Waals surface area contributed by atoms with Crippen molar-refractivity contribution in [3.8, 4) is 11.5 Å². The van der Waals surface area contributed by atoms with Gasteiger partial charge < -0.3 is 10.2 Å². The Bertz CT molecular complexity index is 547. The lowest BCUT2D eigenvalue weighted by Crippen LogP contribution is -1.87. The van der Waals surface area contributed by atoms with Crippen molar-refractivity contribution in [3.05, 3.63) is 54.1 Å². The average Bonchev–Trinajstić information content (AvgIpc) is 2.56. The topological polar surface area (TPSA) is 40.5 Å². The fourth-order valence-corrected chi connectivity index (χ4v) is 2.72. The molecule has 0 saturated carbocycles. The molecule has 0 aliphatic heterocycles. The molecule has 1 aromatic carbocycles. The van der Waals surface area contributed by atoms with Crippen molar-refractivity contribution in [3.63, 3.8) is 0 Å². The standard InChI is InChI=1S/C22H32O2/c1-4-6-7-8-9-10-11-12-14-19(17-18(3)5-2)22-20(23)15-13-16-21(22)24/h5,13-17,23-24H,2,4,6-12H2,1,3H3. The maximum atomic E-state index is 10.1. The van der Waals surface area contributed by atoms with Gasteiger partial charge in [-0.1, -0.05) is 81.9 Å². The van der Waals surface area contributed by atoms with Crippen LogP contribution in [0, 0.1) is 0 Å². The second-order valence-corrected chi connectivity index (χ2v) is 6.33. The fraction of sp³-hybridized carbons (Fsp3) is 0.455. The van der Waals surface area contributed by atoms with E-state index in [-0.39, 0.29) is 11.5 Å². The van der Waals surface area contributed by atoms with E-state index in [1.54, 1.807) is 24.3 Å². The Labute approximate surface area is 147 Å². The van der Waals surface area contributed by atoms with Crippen LogP contribution >= 0.6 is 0 Å². The normalized spacial score (nSPS) is 12.4. The molecule has 0 atom stereocenters. The summed E-state index contributed by atoms with van der Waals surface area (Å²) in [7, 11) is 0. The lowest BCUT2D eigenvalue weighted by Gasteiger charge is -2.09. The maximum absolute atomic E-state index is 10.1. The van der Waals surface area contributed by atoms with Crippen LogP contribution in [0.15, 0.2) is 48.6 Å². The zero-order valence-corrected chi connectivity index (χ0v) is 15.2. The zero-order valence-electron chi connectivity index (χ0n) is 15.2. The summed E-state index contributed by atoms with van der Waals surface area (Å²) in [6, 6.07) is 4.85. The lowest BCUT2D eigenvalue weighted by molar-refractivity contribution is 0.447. The summed E-state index contributed by atoms with van der Waals surface area (Å²) in [5.74, 6) is 0.211. The molecule has 1 aromatic rings. The van der Waals surface area contributed by atoms with Crippen LogP contribution in [0.4, 0.5) is 0 Å². The van der Waals surface area contributed by atoms with Crippen LogP contribution in [0.1, 0.15) is 70.8 Å². The number of rotatable bonds is 11. The van der Waals surface area contributed by atoms with Crippen LogP contribution in [0.3, 0.4) is 0 Å². The van der Waals surface area contributed by atoms with Crippen molar-refractivity contribution >= 4 is 5.57 Å². The molecular weight excluding hydrogens is 296 g/mol. The van der Waals surface area contributed by atoms with Crippen LogP contribution < -0.4 is 0 Å². The van der Waals surface area contributed by atoms with E-state index in [9.17, 15) is 10.2 Å². The summed E-state index contributed by atoms with van der Waals surface area (Å²) in [6.07, 6.45) is 15.7. The smallest absolute Gasteiger partial charge is 0.127 e. The third-order valence-electron chi connectivity index (χ3n) is 4.19. The number of allylic oxidation sites excluding steroid dienone is 5. The van der Waals surface area contributed by atoms with Gasteiger partial charge in [0.25, 0.3) is 0 Å². The Balaban J connectivity index is 2.72. The molecule has 0 bridgehead atoms. The van der Waals surface area contributed by atoms with Gasteiger partial charge in [-0.3, -0.25) is 0 Å². The Morgan fingerprint density at radius 1 is 1.00 bits per heavy atom. The first-order valence-electron chi connectivity index (χ1n) is 9.12. The highest BCUT2D eigenvalue weighted by atomic mass is 16.3. The van der Waals surface area contributed by atoms with E-state index >= 15 is 0 Å². The van der Waals surface area contributed by atoms with Crippen LogP contribution in [0.2, 0.25) is 0 Å². The third kappa shape index (κ3) is 7.08. The molecule has 0 radical (unpaired) electrons. The van der Waals surface area contributed by atoms with Crippen molar-refractivity contribution in [2.45, 2.75) is 65.2 Å². The van der Waals surface area contributed by atoms with Crippen molar-refractivity contribution in [2.24, 2.45) is 0 Å². The molecule has 0 spiro atoms. The minimum atomic E-state index is 0.105. The van der Waals surface area contributed by atoms with E-state index in [1.807, 2.05) is 13.0 Å². The van der Waals surface area contributed by atoms with E-state index < -0.39 is 0 Å². The number of hydrogen-bond acceptors (Lipinski definition) is 2. The predicted octanol–water partition coefficient (Wildman–Crippen LogP) is 6.75. The molecule has 0 saturated heterocycles. The molecule has 2 nitrogen and oxygen atoms in total. The molecule has 2 heteroatoms. The van der Waals surface area contributed by atoms with E-state index in [0.717, 1.165) is 24.0 Å². The average molecular weight is 328 g/mol. The quantitative estimate of drug-likeness (QED) is 0.348.